The lowest BCUT2D eigenvalue weighted by Crippen LogP contribution is -2.28. The summed E-state index contributed by atoms with van der Waals surface area (Å²) in [4.78, 5) is 97.9. The summed E-state index contributed by atoms with van der Waals surface area (Å²) in [5.41, 5.74) is 12.3. The van der Waals surface area contributed by atoms with Crippen molar-refractivity contribution >= 4 is 120 Å². The Balaban J connectivity index is 0.000000133. The largest absolute Gasteiger partial charge is 0.326 e. The fourth-order valence-electron chi connectivity index (χ4n) is 12.2. The van der Waals surface area contributed by atoms with E-state index in [9.17, 15) is 46.3 Å². The number of benzodiazepines with no additional fused rings is 3. The number of hydrogen-bond donors (Lipinski definition) is 6. The smallest absolute Gasteiger partial charge is 0.324 e. The lowest BCUT2D eigenvalue weighted by atomic mass is 9.99. The molecule has 99 heavy (non-hydrogen) atoms. The van der Waals surface area contributed by atoms with E-state index in [2.05, 4.69) is 35.9 Å². The van der Waals surface area contributed by atoms with Gasteiger partial charge in [0.2, 0.25) is 17.7 Å². The number of carbonyl (C=O) groups is 3. The minimum absolute atomic E-state index is 0.105. The predicted octanol–water partition coefficient (Wildman–Crippen LogP) is 12.9. The first kappa shape index (κ1) is 66.4. The molecule has 3 unspecified atom stereocenters. The van der Waals surface area contributed by atoms with Crippen LogP contribution in [0.1, 0.15) is 61.2 Å². The second kappa shape index (κ2) is 27.0. The van der Waals surface area contributed by atoms with Gasteiger partial charge >= 0.3 is 17.1 Å². The summed E-state index contributed by atoms with van der Waals surface area (Å²) in [6.45, 7) is 3.50. The van der Waals surface area contributed by atoms with Crippen molar-refractivity contribution in [3.8, 4) is 0 Å². The molecular formula is C74H57Cl3F4N12O6. The molecule has 6 heterocycles. The molecule has 0 aliphatic carbocycles. The number of halogens is 7. The van der Waals surface area contributed by atoms with Gasteiger partial charge in [-0.2, -0.15) is 0 Å². The van der Waals surface area contributed by atoms with Crippen molar-refractivity contribution < 1.29 is 31.9 Å². The Morgan fingerprint density at radius 2 is 0.778 bits per heavy atom. The van der Waals surface area contributed by atoms with Crippen molar-refractivity contribution in [2.24, 2.45) is 36.1 Å². The number of aromatic nitrogens is 6. The number of benzene rings is 9. The number of imidazole rings is 3. The molecule has 0 spiro atoms. The molecule has 0 radical (unpaired) electrons. The van der Waals surface area contributed by atoms with Crippen molar-refractivity contribution in [3.05, 3.63) is 295 Å². The second-order valence-corrected chi connectivity index (χ2v) is 25.4. The number of hydrogen-bond acceptors (Lipinski definition) is 9. The van der Waals surface area contributed by atoms with Crippen LogP contribution in [0.3, 0.4) is 0 Å². The Bertz CT molecular complexity index is 5630. The highest BCUT2D eigenvalue weighted by Gasteiger charge is 2.32. The van der Waals surface area contributed by atoms with Gasteiger partial charge in [0.25, 0.3) is 0 Å². The van der Waals surface area contributed by atoms with Crippen LogP contribution in [-0.2, 0) is 54.8 Å². The third kappa shape index (κ3) is 13.4. The third-order valence-corrected chi connectivity index (χ3v) is 18.3. The molecule has 9 aromatic carbocycles. The molecule has 12 aromatic rings. The zero-order valence-corrected chi connectivity index (χ0v) is 55.5. The van der Waals surface area contributed by atoms with E-state index in [0.29, 0.717) is 121 Å². The molecule has 0 saturated carbocycles. The van der Waals surface area contributed by atoms with E-state index in [1.165, 1.54) is 25.8 Å². The van der Waals surface area contributed by atoms with E-state index in [1.54, 1.807) is 125 Å². The Hall–Kier alpha value is -11.2. The Kier molecular flexibility index (Phi) is 18.1. The number of nitrogens with zero attached hydrogens (tertiary/aromatic N) is 6. The number of rotatable bonds is 9. The van der Waals surface area contributed by atoms with Crippen LogP contribution in [0.2, 0.25) is 15.1 Å². The maximum absolute atomic E-state index is 14.7. The fourth-order valence-corrected chi connectivity index (χ4v) is 12.8. The van der Waals surface area contributed by atoms with Gasteiger partial charge in [0.15, 0.2) is 0 Å². The van der Waals surface area contributed by atoms with E-state index in [0.717, 1.165) is 28.7 Å². The molecule has 3 aliphatic rings. The van der Waals surface area contributed by atoms with E-state index in [-0.39, 0.29) is 65.3 Å². The summed E-state index contributed by atoms with van der Waals surface area (Å²) in [7, 11) is 5.03. The Labute approximate surface area is 575 Å². The van der Waals surface area contributed by atoms with Crippen molar-refractivity contribution in [1.29, 1.82) is 0 Å². The summed E-state index contributed by atoms with van der Waals surface area (Å²) in [5, 5.41) is 10.0. The van der Waals surface area contributed by atoms with Crippen LogP contribution in [0.4, 0.5) is 34.6 Å². The van der Waals surface area contributed by atoms with Gasteiger partial charge in [-0.1, -0.05) is 89.4 Å². The number of aryl methyl sites for hydroxylation is 5. The summed E-state index contributed by atoms with van der Waals surface area (Å²) >= 11 is 18.8. The first-order valence-electron chi connectivity index (χ1n) is 31.0. The minimum Gasteiger partial charge on any atom is -0.324 e. The van der Waals surface area contributed by atoms with Crippen LogP contribution < -0.4 is 33.0 Å². The lowest BCUT2D eigenvalue weighted by Gasteiger charge is -2.13. The molecule has 25 heteroatoms. The summed E-state index contributed by atoms with van der Waals surface area (Å²) < 4.78 is 62.4. The van der Waals surface area contributed by atoms with Crippen LogP contribution in [-0.4, -0.2) is 81.6 Å². The van der Waals surface area contributed by atoms with Crippen molar-refractivity contribution in [3.63, 3.8) is 0 Å². The number of anilines is 3. The van der Waals surface area contributed by atoms with Gasteiger partial charge in [-0.05, 0) is 145 Å². The van der Waals surface area contributed by atoms with E-state index < -0.39 is 35.7 Å². The van der Waals surface area contributed by atoms with Gasteiger partial charge in [-0.15, -0.1) is 0 Å². The van der Waals surface area contributed by atoms with Crippen LogP contribution in [0, 0.1) is 37.1 Å². The van der Waals surface area contributed by atoms with Crippen molar-refractivity contribution in [1.82, 2.24) is 28.7 Å². The highest BCUT2D eigenvalue weighted by molar-refractivity contribution is 6.33. The monoisotopic (exact) mass is 1390 g/mol. The van der Waals surface area contributed by atoms with E-state index >= 15 is 0 Å². The van der Waals surface area contributed by atoms with Gasteiger partial charge in [-0.3, -0.25) is 43.1 Å². The molecule has 0 fully saturated rings. The van der Waals surface area contributed by atoms with Crippen molar-refractivity contribution in [2.45, 2.75) is 51.2 Å². The Morgan fingerprint density at radius 1 is 0.404 bits per heavy atom. The number of amides is 3. The van der Waals surface area contributed by atoms with Crippen LogP contribution >= 0.6 is 34.8 Å². The highest BCUT2D eigenvalue weighted by Crippen LogP contribution is 2.34. The average molecular weight is 1390 g/mol. The van der Waals surface area contributed by atoms with Crippen LogP contribution in [0.15, 0.2) is 193 Å². The molecule has 3 amide bonds. The zero-order chi connectivity index (χ0) is 69.8. The summed E-state index contributed by atoms with van der Waals surface area (Å²) in [6.07, 6.45) is -0.0530. The maximum atomic E-state index is 14.7. The quantitative estimate of drug-likeness (QED) is 0.0768. The van der Waals surface area contributed by atoms with Gasteiger partial charge in [0.05, 0.1) is 67.3 Å². The van der Waals surface area contributed by atoms with Gasteiger partial charge in [0, 0.05) is 94.4 Å². The third-order valence-electron chi connectivity index (χ3n) is 17.5. The average Bonchev–Trinajstić information content (AvgIpc) is 1.70. The van der Waals surface area contributed by atoms with Crippen LogP contribution in [0.5, 0.6) is 0 Å². The summed E-state index contributed by atoms with van der Waals surface area (Å²) in [5.74, 6) is -3.35. The normalized spacial score (nSPS) is 15.7. The number of aromatic amines is 3. The molecular weight excluding hydrogens is 1340 g/mol. The molecule has 3 aliphatic heterocycles. The number of carbonyl (C=O) groups excluding carboxylic acids is 3. The van der Waals surface area contributed by atoms with Gasteiger partial charge in [-0.25, -0.2) is 31.9 Å². The standard InChI is InChI=1S/2C25H20ClFN4O2.C24H17ClF2N4O2/c1-13-3-4-14(18(27)9-13)10-21-24(32)29-19-7-6-16(26)12-17(19)23(28-21)15-5-8-22-20(11-15)30-25(33)31(22)2;1-13-4-3-5-14(22(13)27)10-20-24(32)29-18-8-7-16(26)12-17(18)23(28-20)15-6-9-21-19(11-15)30-25(33)31(21)2;1-31-21-8-5-12(9-19(21)30-24(31)33)22-15-10-13(25)6-7-18(15)29-23(32)20(28-22)11-14-16(26)3-2-4-17(14)27/h3-9,11-12,21H,10H2,1-2H3,(H,29,32)(H,30,33);3-9,11-12,20H,10H2,1-2H3,(H,29,32)(H,30,33);2-10,20H,11H2,1H3,(H,29,32)(H,30,33). The van der Waals surface area contributed by atoms with E-state index in [1.807, 2.05) is 49.4 Å². The predicted molar refractivity (Wildman–Crippen MR) is 379 cm³/mol. The number of aliphatic imine (C=N–C) groups is 3. The topological polar surface area (TPSA) is 238 Å². The first-order chi connectivity index (χ1) is 47.4. The number of nitrogens with one attached hydrogen (secondary N) is 6. The minimum atomic E-state index is -1.09. The van der Waals surface area contributed by atoms with Gasteiger partial charge in [0.1, 0.15) is 41.4 Å². The SMILES string of the molecule is Cc1ccc(CC2N=C(c3ccc4c(c3)[nH]c(=O)n4C)c3cc(Cl)ccc3NC2=O)c(F)c1.Cc1cccc(CC2N=C(c3ccc4c(c3)[nH]c(=O)n4C)c3cc(Cl)ccc3NC2=O)c1F.Cn1c(=O)[nH]c2cc(C3=NC(Cc4c(F)cccc4F)C(=O)Nc4ccc(Cl)cc43)ccc21. The molecule has 0 bridgehead atoms. The molecule has 3 aromatic heterocycles. The first-order valence-corrected chi connectivity index (χ1v) is 32.1. The summed E-state index contributed by atoms with van der Waals surface area (Å²) in [6, 6.07) is 42.3. The van der Waals surface area contributed by atoms with Crippen molar-refractivity contribution in [2.75, 3.05) is 16.0 Å². The molecule has 18 nitrogen and oxygen atoms in total. The maximum Gasteiger partial charge on any atom is 0.326 e. The molecule has 0 saturated heterocycles. The van der Waals surface area contributed by atoms with Gasteiger partial charge < -0.3 is 30.9 Å². The highest BCUT2D eigenvalue weighted by atomic mass is 35.5. The fraction of sp³-hybridized carbons (Fsp3) is 0.149. The molecule has 15 rings (SSSR count). The second-order valence-electron chi connectivity index (χ2n) is 24.1. The molecule has 3 atom stereocenters. The van der Waals surface area contributed by atoms with E-state index in [4.69, 9.17) is 44.8 Å². The van der Waals surface area contributed by atoms with Crippen LogP contribution in [0.25, 0.3) is 33.1 Å². The number of fused-ring (bicyclic) bond motifs is 6. The molecule has 6 N–H and O–H groups in total. The lowest BCUT2D eigenvalue weighted by molar-refractivity contribution is -0.118. The Morgan fingerprint density at radius 3 is 1.17 bits per heavy atom. The number of H-pyrrole nitrogens is 3. The molecule has 498 valence electrons. The zero-order valence-electron chi connectivity index (χ0n) is 53.2.